The first-order valence-corrected chi connectivity index (χ1v) is 6.11. The van der Waals surface area contributed by atoms with Crippen molar-refractivity contribution in [3.63, 3.8) is 0 Å². The molecule has 0 radical (unpaired) electrons. The summed E-state index contributed by atoms with van der Waals surface area (Å²) in [6, 6.07) is 0.0114. The maximum Gasteiger partial charge on any atom is 0.308 e. The highest BCUT2D eigenvalue weighted by Gasteiger charge is 2.39. The number of carbonyl (C=O) groups is 2. The van der Waals surface area contributed by atoms with Gasteiger partial charge in [-0.2, -0.15) is 0 Å². The molecule has 1 amide bonds. The number of hydrogen-bond acceptors (Lipinski definition) is 3. The van der Waals surface area contributed by atoms with E-state index in [9.17, 15) is 9.59 Å². The number of carboxylic acids is 1. The Morgan fingerprint density at radius 1 is 1.41 bits per heavy atom. The van der Waals surface area contributed by atoms with Crippen molar-refractivity contribution in [1.29, 1.82) is 0 Å². The van der Waals surface area contributed by atoms with Crippen molar-refractivity contribution in [1.82, 2.24) is 10.2 Å². The zero-order valence-electron chi connectivity index (χ0n) is 10.8. The van der Waals surface area contributed by atoms with Gasteiger partial charge in [0, 0.05) is 12.6 Å². The third-order valence-electron chi connectivity index (χ3n) is 3.22. The van der Waals surface area contributed by atoms with Crippen LogP contribution in [-0.2, 0) is 9.59 Å². The summed E-state index contributed by atoms with van der Waals surface area (Å²) in [5.41, 5.74) is 0. The summed E-state index contributed by atoms with van der Waals surface area (Å²) in [6.07, 6.45) is 1.59. The molecular weight excluding hydrogens is 220 g/mol. The van der Waals surface area contributed by atoms with E-state index in [0.717, 1.165) is 12.8 Å². The maximum absolute atomic E-state index is 11.6. The Balaban J connectivity index is 2.31. The molecule has 0 spiro atoms. The molecule has 98 valence electrons. The lowest BCUT2D eigenvalue weighted by molar-refractivity contribution is -0.149. The summed E-state index contributed by atoms with van der Waals surface area (Å²) in [4.78, 5) is 24.3. The van der Waals surface area contributed by atoms with E-state index in [2.05, 4.69) is 5.32 Å². The summed E-state index contributed by atoms with van der Waals surface area (Å²) in [5, 5.41) is 11.8. The minimum Gasteiger partial charge on any atom is -0.481 e. The van der Waals surface area contributed by atoms with E-state index >= 15 is 0 Å². The molecule has 0 aromatic rings. The molecule has 0 aromatic heterocycles. The van der Waals surface area contributed by atoms with E-state index in [1.165, 1.54) is 0 Å². The molecule has 2 unspecified atom stereocenters. The van der Waals surface area contributed by atoms with Gasteiger partial charge in [0.05, 0.1) is 12.5 Å². The molecule has 2 N–H and O–H groups in total. The van der Waals surface area contributed by atoms with Gasteiger partial charge in [0.15, 0.2) is 0 Å². The third kappa shape index (κ3) is 4.00. The number of amides is 1. The van der Waals surface area contributed by atoms with E-state index in [-0.39, 0.29) is 24.4 Å². The zero-order valence-corrected chi connectivity index (χ0v) is 10.8. The summed E-state index contributed by atoms with van der Waals surface area (Å²) in [7, 11) is 1.81. The first-order chi connectivity index (χ1) is 7.91. The van der Waals surface area contributed by atoms with Gasteiger partial charge < -0.3 is 10.4 Å². The zero-order chi connectivity index (χ0) is 13.0. The molecular formula is C12H22N2O3. The second kappa shape index (κ2) is 6.00. The van der Waals surface area contributed by atoms with Crippen LogP contribution in [0.4, 0.5) is 0 Å². The Kier molecular flexibility index (Phi) is 4.93. The van der Waals surface area contributed by atoms with Crippen molar-refractivity contribution >= 4 is 11.9 Å². The number of aliphatic carboxylic acids is 1. The topological polar surface area (TPSA) is 69.6 Å². The summed E-state index contributed by atoms with van der Waals surface area (Å²) < 4.78 is 0. The van der Waals surface area contributed by atoms with Crippen molar-refractivity contribution in [3.05, 3.63) is 0 Å². The predicted molar refractivity (Wildman–Crippen MR) is 64.6 cm³/mol. The lowest BCUT2D eigenvalue weighted by Crippen LogP contribution is -2.51. The Hall–Kier alpha value is -1.10. The van der Waals surface area contributed by atoms with E-state index < -0.39 is 5.97 Å². The van der Waals surface area contributed by atoms with Crippen LogP contribution in [0.25, 0.3) is 0 Å². The molecule has 1 aliphatic carbocycles. The quantitative estimate of drug-likeness (QED) is 0.714. The predicted octanol–water partition coefficient (Wildman–Crippen LogP) is 0.554. The van der Waals surface area contributed by atoms with Crippen LogP contribution in [0.3, 0.4) is 0 Å². The van der Waals surface area contributed by atoms with Crippen LogP contribution in [0.1, 0.15) is 26.7 Å². The molecule has 1 saturated carbocycles. The number of likely N-dealkylation sites (N-methyl/N-ethyl adjacent to an activating group) is 1. The van der Waals surface area contributed by atoms with E-state index in [1.807, 2.05) is 25.8 Å². The largest absolute Gasteiger partial charge is 0.481 e. The van der Waals surface area contributed by atoms with Gasteiger partial charge in [0.25, 0.3) is 0 Å². The van der Waals surface area contributed by atoms with Gasteiger partial charge in [-0.3, -0.25) is 14.5 Å². The highest BCUT2D eigenvalue weighted by Crippen LogP contribution is 2.31. The molecule has 17 heavy (non-hydrogen) atoms. The minimum atomic E-state index is -0.754. The van der Waals surface area contributed by atoms with Gasteiger partial charge in [-0.15, -0.1) is 0 Å². The van der Waals surface area contributed by atoms with Crippen LogP contribution < -0.4 is 5.32 Å². The van der Waals surface area contributed by atoms with Crippen molar-refractivity contribution in [3.8, 4) is 0 Å². The average molecular weight is 242 g/mol. The van der Waals surface area contributed by atoms with Crippen LogP contribution in [0.2, 0.25) is 0 Å². The normalized spacial score (nSPS) is 23.6. The number of hydrogen-bond donors (Lipinski definition) is 2. The number of carbonyl (C=O) groups excluding carboxylic acids is 1. The van der Waals surface area contributed by atoms with Crippen molar-refractivity contribution in [2.45, 2.75) is 32.7 Å². The van der Waals surface area contributed by atoms with Crippen LogP contribution >= 0.6 is 0 Å². The Morgan fingerprint density at radius 2 is 2.06 bits per heavy atom. The fourth-order valence-electron chi connectivity index (χ4n) is 2.02. The summed E-state index contributed by atoms with van der Waals surface area (Å²) >= 11 is 0. The summed E-state index contributed by atoms with van der Waals surface area (Å²) in [6.45, 7) is 5.02. The monoisotopic (exact) mass is 242 g/mol. The molecule has 0 aliphatic heterocycles. The van der Waals surface area contributed by atoms with Crippen molar-refractivity contribution in [2.75, 3.05) is 20.1 Å². The van der Waals surface area contributed by atoms with Gasteiger partial charge >= 0.3 is 5.97 Å². The van der Waals surface area contributed by atoms with Gasteiger partial charge in [-0.1, -0.05) is 13.8 Å². The Morgan fingerprint density at radius 3 is 2.47 bits per heavy atom. The highest BCUT2D eigenvalue weighted by molar-refractivity contribution is 5.78. The van der Waals surface area contributed by atoms with Gasteiger partial charge in [0.1, 0.15) is 0 Å². The van der Waals surface area contributed by atoms with Crippen molar-refractivity contribution in [2.24, 2.45) is 11.8 Å². The molecule has 1 fully saturated rings. The van der Waals surface area contributed by atoms with Crippen LogP contribution in [-0.4, -0.2) is 48.1 Å². The SMILES string of the molecule is CC(C)CNC(=O)CN(C)C1CCC1C(=O)O. The highest BCUT2D eigenvalue weighted by atomic mass is 16.4. The average Bonchev–Trinajstić information content (AvgIpc) is 2.11. The molecule has 1 aliphatic rings. The second-order valence-electron chi connectivity index (χ2n) is 5.20. The smallest absolute Gasteiger partial charge is 0.308 e. The fraction of sp³-hybridized carbons (Fsp3) is 0.833. The molecule has 0 aromatic carbocycles. The molecule has 0 heterocycles. The van der Waals surface area contributed by atoms with Crippen molar-refractivity contribution < 1.29 is 14.7 Å². The summed E-state index contributed by atoms with van der Waals surface area (Å²) in [5.74, 6) is -0.662. The third-order valence-corrected chi connectivity index (χ3v) is 3.22. The van der Waals surface area contributed by atoms with Crippen LogP contribution in [0, 0.1) is 11.8 Å². The molecule has 0 bridgehead atoms. The number of nitrogens with one attached hydrogen (secondary N) is 1. The van der Waals surface area contributed by atoms with Gasteiger partial charge in [-0.25, -0.2) is 0 Å². The Bertz CT molecular complexity index is 291. The lowest BCUT2D eigenvalue weighted by Gasteiger charge is -2.39. The lowest BCUT2D eigenvalue weighted by atomic mass is 9.79. The maximum atomic E-state index is 11.6. The van der Waals surface area contributed by atoms with Crippen LogP contribution in [0.5, 0.6) is 0 Å². The fourth-order valence-corrected chi connectivity index (χ4v) is 2.02. The minimum absolute atomic E-state index is 0.0114. The standard InChI is InChI=1S/C12H22N2O3/c1-8(2)6-13-11(15)7-14(3)10-5-4-9(10)12(16)17/h8-10H,4-7H2,1-3H3,(H,13,15)(H,16,17). The molecule has 0 saturated heterocycles. The number of nitrogens with zero attached hydrogens (tertiary/aromatic N) is 1. The molecule has 5 nitrogen and oxygen atoms in total. The Labute approximate surface area is 102 Å². The number of carboxylic acid groups (broad SMARTS) is 1. The first kappa shape index (κ1) is 14.0. The first-order valence-electron chi connectivity index (χ1n) is 6.11. The van der Waals surface area contributed by atoms with Gasteiger partial charge in [-0.05, 0) is 25.8 Å². The van der Waals surface area contributed by atoms with E-state index in [4.69, 9.17) is 5.11 Å². The van der Waals surface area contributed by atoms with E-state index in [0.29, 0.717) is 12.5 Å². The molecule has 5 heteroatoms. The molecule has 2 atom stereocenters. The van der Waals surface area contributed by atoms with Gasteiger partial charge in [0.2, 0.25) is 5.91 Å². The number of rotatable bonds is 6. The second-order valence-corrected chi connectivity index (χ2v) is 5.20. The van der Waals surface area contributed by atoms with Crippen LogP contribution in [0.15, 0.2) is 0 Å². The van der Waals surface area contributed by atoms with E-state index in [1.54, 1.807) is 0 Å². The molecule has 1 rings (SSSR count).